The van der Waals surface area contributed by atoms with Crippen molar-refractivity contribution < 1.29 is 5.11 Å². The van der Waals surface area contributed by atoms with E-state index in [4.69, 9.17) is 5.11 Å². The first-order chi connectivity index (χ1) is 7.45. The van der Waals surface area contributed by atoms with Crippen molar-refractivity contribution in [2.75, 3.05) is 13.2 Å². The van der Waals surface area contributed by atoms with Crippen LogP contribution in [0.4, 0.5) is 0 Å². The second-order valence-electron chi connectivity index (χ2n) is 6.56. The van der Waals surface area contributed by atoms with Gasteiger partial charge in [0.15, 0.2) is 0 Å². The summed E-state index contributed by atoms with van der Waals surface area (Å²) in [5.41, 5.74) is 0.403. The first kappa shape index (κ1) is 14.0. The quantitative estimate of drug-likeness (QED) is 0.774. The highest BCUT2D eigenvalue weighted by molar-refractivity contribution is 4.88. The molecule has 3 unspecified atom stereocenters. The Balaban J connectivity index is 2.47. The minimum Gasteiger partial charge on any atom is -0.396 e. The third kappa shape index (κ3) is 4.06. The molecule has 3 atom stereocenters. The molecule has 0 aromatic heterocycles. The fourth-order valence-electron chi connectivity index (χ4n) is 2.83. The molecule has 1 aliphatic carbocycles. The Kier molecular flexibility index (Phi) is 5.26. The van der Waals surface area contributed by atoms with Gasteiger partial charge in [0.05, 0.1) is 0 Å². The lowest BCUT2D eigenvalue weighted by Crippen LogP contribution is -2.45. The van der Waals surface area contributed by atoms with Gasteiger partial charge in [0.2, 0.25) is 0 Å². The third-order valence-electron chi connectivity index (χ3n) is 3.92. The summed E-state index contributed by atoms with van der Waals surface area (Å²) < 4.78 is 0. The first-order valence-corrected chi connectivity index (χ1v) is 6.79. The van der Waals surface area contributed by atoms with Crippen molar-refractivity contribution in [2.45, 2.75) is 59.4 Å². The van der Waals surface area contributed by atoms with E-state index in [0.29, 0.717) is 24.0 Å². The van der Waals surface area contributed by atoms with E-state index in [0.717, 1.165) is 12.5 Å². The van der Waals surface area contributed by atoms with Gasteiger partial charge in [-0.05, 0) is 30.1 Å². The van der Waals surface area contributed by atoms with Crippen LogP contribution < -0.4 is 5.32 Å². The van der Waals surface area contributed by atoms with E-state index < -0.39 is 0 Å². The largest absolute Gasteiger partial charge is 0.396 e. The molecule has 0 spiro atoms. The van der Waals surface area contributed by atoms with Gasteiger partial charge in [0.1, 0.15) is 0 Å². The van der Waals surface area contributed by atoms with Crippen molar-refractivity contribution in [1.29, 1.82) is 0 Å². The molecule has 2 nitrogen and oxygen atoms in total. The SMILES string of the molecule is CC(CO)CNC1CCCCC1C(C)(C)C. The van der Waals surface area contributed by atoms with Crippen molar-refractivity contribution in [2.24, 2.45) is 17.3 Å². The van der Waals surface area contributed by atoms with Crippen LogP contribution in [0.5, 0.6) is 0 Å². The lowest BCUT2D eigenvalue weighted by molar-refractivity contribution is 0.124. The molecule has 2 heteroatoms. The highest BCUT2D eigenvalue weighted by Crippen LogP contribution is 2.37. The highest BCUT2D eigenvalue weighted by Gasteiger charge is 2.33. The van der Waals surface area contributed by atoms with E-state index in [1.54, 1.807) is 0 Å². The Morgan fingerprint density at radius 3 is 2.44 bits per heavy atom. The van der Waals surface area contributed by atoms with E-state index in [2.05, 4.69) is 33.0 Å². The van der Waals surface area contributed by atoms with Gasteiger partial charge in [-0.25, -0.2) is 0 Å². The molecule has 0 bridgehead atoms. The molecule has 0 aromatic carbocycles. The molecule has 1 rings (SSSR count). The van der Waals surface area contributed by atoms with Gasteiger partial charge in [0, 0.05) is 19.2 Å². The van der Waals surface area contributed by atoms with Gasteiger partial charge in [0.25, 0.3) is 0 Å². The number of aliphatic hydroxyl groups excluding tert-OH is 1. The molecule has 1 saturated carbocycles. The molecule has 0 aromatic rings. The van der Waals surface area contributed by atoms with Crippen LogP contribution in [0.2, 0.25) is 0 Å². The molecule has 0 saturated heterocycles. The standard InChI is InChI=1S/C14H29NO/c1-11(10-16)9-15-13-8-6-5-7-12(13)14(2,3)4/h11-13,15-16H,5-10H2,1-4H3. The van der Waals surface area contributed by atoms with Crippen LogP contribution in [0.15, 0.2) is 0 Å². The van der Waals surface area contributed by atoms with Crippen LogP contribution in [0.3, 0.4) is 0 Å². The molecule has 0 aliphatic heterocycles. The summed E-state index contributed by atoms with van der Waals surface area (Å²) in [4.78, 5) is 0. The minimum absolute atomic E-state index is 0.292. The van der Waals surface area contributed by atoms with Crippen LogP contribution >= 0.6 is 0 Å². The summed E-state index contributed by atoms with van der Waals surface area (Å²) in [6, 6.07) is 0.655. The zero-order valence-corrected chi connectivity index (χ0v) is 11.4. The van der Waals surface area contributed by atoms with Gasteiger partial charge >= 0.3 is 0 Å². The maximum absolute atomic E-state index is 9.05. The van der Waals surface area contributed by atoms with Gasteiger partial charge in [-0.2, -0.15) is 0 Å². The molecule has 96 valence electrons. The molecular formula is C14H29NO. The van der Waals surface area contributed by atoms with Crippen molar-refractivity contribution in [1.82, 2.24) is 5.32 Å². The molecule has 0 radical (unpaired) electrons. The van der Waals surface area contributed by atoms with E-state index in [1.807, 2.05) is 0 Å². The number of aliphatic hydroxyl groups is 1. The van der Waals surface area contributed by atoms with Gasteiger partial charge in [-0.3, -0.25) is 0 Å². The van der Waals surface area contributed by atoms with Crippen LogP contribution in [-0.4, -0.2) is 24.3 Å². The first-order valence-electron chi connectivity index (χ1n) is 6.79. The summed E-state index contributed by atoms with van der Waals surface area (Å²) in [5, 5.41) is 12.7. The molecule has 1 fully saturated rings. The minimum atomic E-state index is 0.292. The number of rotatable bonds is 4. The van der Waals surface area contributed by atoms with E-state index in [-0.39, 0.29) is 0 Å². The summed E-state index contributed by atoms with van der Waals surface area (Å²) in [5.74, 6) is 1.16. The molecule has 0 amide bonds. The summed E-state index contributed by atoms with van der Waals surface area (Å²) in [6.45, 7) is 10.4. The fraction of sp³-hybridized carbons (Fsp3) is 1.00. The average Bonchev–Trinajstić information content (AvgIpc) is 2.25. The molecule has 2 N–H and O–H groups in total. The third-order valence-corrected chi connectivity index (χ3v) is 3.92. The van der Waals surface area contributed by atoms with Crippen molar-refractivity contribution >= 4 is 0 Å². The Morgan fingerprint density at radius 2 is 1.88 bits per heavy atom. The van der Waals surface area contributed by atoms with Gasteiger partial charge < -0.3 is 10.4 Å². The number of hydrogen-bond donors (Lipinski definition) is 2. The lowest BCUT2D eigenvalue weighted by atomic mass is 9.69. The van der Waals surface area contributed by atoms with Crippen molar-refractivity contribution in [3.63, 3.8) is 0 Å². The number of hydrogen-bond acceptors (Lipinski definition) is 2. The van der Waals surface area contributed by atoms with Crippen LogP contribution in [0.1, 0.15) is 53.4 Å². The maximum atomic E-state index is 9.05. The molecule has 0 heterocycles. The second-order valence-corrected chi connectivity index (χ2v) is 6.56. The summed E-state index contributed by atoms with van der Waals surface area (Å²) in [6.07, 6.45) is 5.40. The van der Waals surface area contributed by atoms with E-state index >= 15 is 0 Å². The Hall–Kier alpha value is -0.0800. The Labute approximate surface area is 101 Å². The van der Waals surface area contributed by atoms with Crippen LogP contribution in [0.25, 0.3) is 0 Å². The summed E-state index contributed by atoms with van der Waals surface area (Å²) >= 11 is 0. The predicted molar refractivity (Wildman–Crippen MR) is 69.5 cm³/mol. The number of nitrogens with one attached hydrogen (secondary N) is 1. The molecule has 16 heavy (non-hydrogen) atoms. The lowest BCUT2D eigenvalue weighted by Gasteiger charge is -2.41. The summed E-state index contributed by atoms with van der Waals surface area (Å²) in [7, 11) is 0. The second kappa shape index (κ2) is 6.02. The van der Waals surface area contributed by atoms with Gasteiger partial charge in [-0.15, -0.1) is 0 Å². The smallest absolute Gasteiger partial charge is 0.0468 e. The maximum Gasteiger partial charge on any atom is 0.0468 e. The van der Waals surface area contributed by atoms with E-state index in [1.165, 1.54) is 25.7 Å². The van der Waals surface area contributed by atoms with Crippen LogP contribution in [0, 0.1) is 17.3 Å². The van der Waals surface area contributed by atoms with E-state index in [9.17, 15) is 0 Å². The van der Waals surface area contributed by atoms with Crippen molar-refractivity contribution in [3.8, 4) is 0 Å². The Bertz CT molecular complexity index is 197. The zero-order chi connectivity index (χ0) is 12.2. The molecular weight excluding hydrogens is 198 g/mol. The normalized spacial score (nSPS) is 29.1. The highest BCUT2D eigenvalue weighted by atomic mass is 16.3. The van der Waals surface area contributed by atoms with Crippen molar-refractivity contribution in [3.05, 3.63) is 0 Å². The zero-order valence-electron chi connectivity index (χ0n) is 11.4. The monoisotopic (exact) mass is 227 g/mol. The van der Waals surface area contributed by atoms with Crippen LogP contribution in [-0.2, 0) is 0 Å². The fourth-order valence-corrected chi connectivity index (χ4v) is 2.83. The Morgan fingerprint density at radius 1 is 1.25 bits per heavy atom. The average molecular weight is 227 g/mol. The molecule has 1 aliphatic rings. The topological polar surface area (TPSA) is 32.3 Å². The van der Waals surface area contributed by atoms with Gasteiger partial charge in [-0.1, -0.05) is 40.5 Å². The predicted octanol–water partition coefficient (Wildman–Crippen LogP) is 2.81.